The Bertz CT molecular complexity index is 290. The molecule has 1 aliphatic carbocycles. The fraction of sp³-hybridized carbons (Fsp3) is 0.818. The van der Waals surface area contributed by atoms with Crippen molar-refractivity contribution >= 4 is 11.9 Å². The summed E-state index contributed by atoms with van der Waals surface area (Å²) < 4.78 is 5.24. The average Bonchev–Trinajstić information content (AvgIpc) is 2.88. The topological polar surface area (TPSA) is 75.6 Å². The number of carboxylic acid groups (broad SMARTS) is 1. The molecular weight excluding hydrogens is 210 g/mol. The first-order valence-corrected chi connectivity index (χ1v) is 5.81. The van der Waals surface area contributed by atoms with Crippen molar-refractivity contribution in [3.63, 3.8) is 0 Å². The maximum absolute atomic E-state index is 11.8. The highest BCUT2D eigenvalue weighted by Gasteiger charge is 2.44. The zero-order chi connectivity index (χ0) is 11.6. The van der Waals surface area contributed by atoms with Gasteiger partial charge in [-0.25, -0.2) is 4.79 Å². The molecule has 2 rings (SSSR count). The number of carboxylic acids is 1. The number of carbonyl (C=O) groups excluding carboxylic acids is 1. The molecule has 5 heteroatoms. The average molecular weight is 227 g/mol. The first kappa shape index (κ1) is 11.4. The van der Waals surface area contributed by atoms with Gasteiger partial charge in [-0.05, 0) is 25.7 Å². The smallest absolute Gasteiger partial charge is 0.329 e. The first-order valence-electron chi connectivity index (χ1n) is 5.81. The number of ether oxygens (including phenoxy) is 1. The number of carbonyl (C=O) groups is 2. The number of rotatable bonds is 3. The summed E-state index contributed by atoms with van der Waals surface area (Å²) in [4.78, 5) is 23.0. The van der Waals surface area contributed by atoms with E-state index in [4.69, 9.17) is 4.74 Å². The molecule has 5 nitrogen and oxygen atoms in total. The lowest BCUT2D eigenvalue weighted by atomic mass is 9.97. The summed E-state index contributed by atoms with van der Waals surface area (Å²) in [6.45, 7) is 0.595. The van der Waals surface area contributed by atoms with Crippen LogP contribution < -0.4 is 5.32 Å². The molecule has 16 heavy (non-hydrogen) atoms. The molecule has 0 radical (unpaired) electrons. The molecular formula is C11H17NO4. The third-order valence-electron chi connectivity index (χ3n) is 3.45. The minimum absolute atomic E-state index is 0.262. The molecule has 0 bridgehead atoms. The van der Waals surface area contributed by atoms with Crippen LogP contribution in [0, 0.1) is 0 Å². The van der Waals surface area contributed by atoms with Gasteiger partial charge < -0.3 is 15.2 Å². The predicted octanol–water partition coefficient (Wildman–Crippen LogP) is 0.679. The van der Waals surface area contributed by atoms with Crippen molar-refractivity contribution in [2.75, 3.05) is 6.61 Å². The van der Waals surface area contributed by atoms with Gasteiger partial charge in [0, 0.05) is 6.61 Å². The van der Waals surface area contributed by atoms with Gasteiger partial charge in [0.2, 0.25) is 5.91 Å². The van der Waals surface area contributed by atoms with Gasteiger partial charge in [0.1, 0.15) is 11.6 Å². The Hall–Kier alpha value is -1.10. The van der Waals surface area contributed by atoms with Crippen molar-refractivity contribution < 1.29 is 19.4 Å². The lowest BCUT2D eigenvalue weighted by molar-refractivity contribution is -0.149. The molecule has 2 fully saturated rings. The highest BCUT2D eigenvalue weighted by Crippen LogP contribution is 2.30. The van der Waals surface area contributed by atoms with Gasteiger partial charge in [-0.15, -0.1) is 0 Å². The van der Waals surface area contributed by atoms with E-state index in [1.165, 1.54) is 0 Å². The van der Waals surface area contributed by atoms with Crippen LogP contribution in [0.5, 0.6) is 0 Å². The molecule has 0 aromatic carbocycles. The van der Waals surface area contributed by atoms with Crippen molar-refractivity contribution in [3.8, 4) is 0 Å². The Morgan fingerprint density at radius 2 is 1.94 bits per heavy atom. The number of aliphatic carboxylic acids is 1. The summed E-state index contributed by atoms with van der Waals surface area (Å²) >= 11 is 0. The van der Waals surface area contributed by atoms with Gasteiger partial charge >= 0.3 is 5.97 Å². The molecule has 0 aromatic rings. The largest absolute Gasteiger partial charge is 0.480 e. The van der Waals surface area contributed by atoms with Crippen LogP contribution in [0.2, 0.25) is 0 Å². The number of hydrogen-bond acceptors (Lipinski definition) is 3. The second kappa shape index (κ2) is 4.41. The second-order valence-corrected chi connectivity index (χ2v) is 4.59. The summed E-state index contributed by atoms with van der Waals surface area (Å²) in [5.41, 5.74) is -1.04. The number of nitrogens with one attached hydrogen (secondary N) is 1. The van der Waals surface area contributed by atoms with E-state index < -0.39 is 17.6 Å². The summed E-state index contributed by atoms with van der Waals surface area (Å²) in [7, 11) is 0. The molecule has 1 atom stereocenters. The van der Waals surface area contributed by atoms with E-state index in [0.29, 0.717) is 25.9 Å². The zero-order valence-corrected chi connectivity index (χ0v) is 9.20. The van der Waals surface area contributed by atoms with Crippen LogP contribution in [-0.2, 0) is 14.3 Å². The summed E-state index contributed by atoms with van der Waals surface area (Å²) in [6, 6.07) is 0. The van der Waals surface area contributed by atoms with Crippen molar-refractivity contribution in [2.24, 2.45) is 0 Å². The molecule has 1 unspecified atom stereocenters. The van der Waals surface area contributed by atoms with Crippen molar-refractivity contribution in [3.05, 3.63) is 0 Å². The van der Waals surface area contributed by atoms with Crippen molar-refractivity contribution in [1.82, 2.24) is 5.32 Å². The van der Waals surface area contributed by atoms with Crippen LogP contribution in [0.25, 0.3) is 0 Å². The van der Waals surface area contributed by atoms with Crippen LogP contribution in [0.3, 0.4) is 0 Å². The predicted molar refractivity (Wildman–Crippen MR) is 56.0 cm³/mol. The van der Waals surface area contributed by atoms with Crippen LogP contribution in [0.1, 0.15) is 38.5 Å². The standard InChI is InChI=1S/C11H17NO4/c13-9(8-4-3-7-16-8)12-11(10(14)15)5-1-2-6-11/h8H,1-7H2,(H,12,13)(H,14,15). The maximum atomic E-state index is 11.8. The number of amides is 1. The molecule has 2 N–H and O–H groups in total. The molecule has 0 aromatic heterocycles. The Morgan fingerprint density at radius 3 is 2.44 bits per heavy atom. The number of hydrogen-bond donors (Lipinski definition) is 2. The van der Waals surface area contributed by atoms with Gasteiger partial charge in [-0.1, -0.05) is 12.8 Å². The fourth-order valence-electron chi connectivity index (χ4n) is 2.47. The lowest BCUT2D eigenvalue weighted by Gasteiger charge is -2.26. The minimum Gasteiger partial charge on any atom is -0.480 e. The molecule has 1 aliphatic heterocycles. The van der Waals surface area contributed by atoms with Gasteiger partial charge in [0.15, 0.2) is 0 Å². The Labute approximate surface area is 94.2 Å². The molecule has 90 valence electrons. The van der Waals surface area contributed by atoms with E-state index in [9.17, 15) is 14.7 Å². The maximum Gasteiger partial charge on any atom is 0.329 e. The highest BCUT2D eigenvalue weighted by atomic mass is 16.5. The molecule has 0 spiro atoms. The Morgan fingerprint density at radius 1 is 1.25 bits per heavy atom. The van der Waals surface area contributed by atoms with Gasteiger partial charge in [-0.3, -0.25) is 4.79 Å². The van der Waals surface area contributed by atoms with Crippen molar-refractivity contribution in [1.29, 1.82) is 0 Å². The molecule has 1 amide bonds. The lowest BCUT2D eigenvalue weighted by Crippen LogP contribution is -2.55. The monoisotopic (exact) mass is 227 g/mol. The normalized spacial score (nSPS) is 27.9. The van der Waals surface area contributed by atoms with Crippen LogP contribution in [-0.4, -0.2) is 35.2 Å². The molecule has 1 saturated carbocycles. The third kappa shape index (κ3) is 2.04. The molecule has 1 saturated heterocycles. The van der Waals surface area contributed by atoms with Gasteiger partial charge in [-0.2, -0.15) is 0 Å². The summed E-state index contributed by atoms with van der Waals surface area (Å²) in [5.74, 6) is -1.18. The van der Waals surface area contributed by atoms with Crippen LogP contribution in [0.4, 0.5) is 0 Å². The SMILES string of the molecule is O=C(NC1(C(=O)O)CCCC1)C1CCCO1. The van der Waals surface area contributed by atoms with Gasteiger partial charge in [0.05, 0.1) is 0 Å². The van der Waals surface area contributed by atoms with Crippen LogP contribution in [0.15, 0.2) is 0 Å². The summed E-state index contributed by atoms with van der Waals surface area (Å²) in [5, 5.41) is 11.9. The van der Waals surface area contributed by atoms with E-state index in [2.05, 4.69) is 5.32 Å². The highest BCUT2D eigenvalue weighted by molar-refractivity contribution is 5.89. The van der Waals surface area contributed by atoms with Crippen LogP contribution >= 0.6 is 0 Å². The minimum atomic E-state index is -1.04. The Kier molecular flexibility index (Phi) is 3.14. The first-order chi connectivity index (χ1) is 7.64. The molecule has 2 aliphatic rings. The Balaban J connectivity index is 2.00. The fourth-order valence-corrected chi connectivity index (χ4v) is 2.47. The quantitative estimate of drug-likeness (QED) is 0.743. The van der Waals surface area contributed by atoms with E-state index in [0.717, 1.165) is 19.3 Å². The zero-order valence-electron chi connectivity index (χ0n) is 9.20. The summed E-state index contributed by atoms with van der Waals surface area (Å²) in [6.07, 6.45) is 3.90. The van der Waals surface area contributed by atoms with E-state index in [1.54, 1.807) is 0 Å². The van der Waals surface area contributed by atoms with Crippen molar-refractivity contribution in [2.45, 2.75) is 50.2 Å². The second-order valence-electron chi connectivity index (χ2n) is 4.59. The van der Waals surface area contributed by atoms with E-state index in [1.807, 2.05) is 0 Å². The van der Waals surface area contributed by atoms with E-state index in [-0.39, 0.29) is 5.91 Å². The third-order valence-corrected chi connectivity index (χ3v) is 3.45. The van der Waals surface area contributed by atoms with E-state index >= 15 is 0 Å². The van der Waals surface area contributed by atoms with Gasteiger partial charge in [0.25, 0.3) is 0 Å². The molecule has 1 heterocycles.